The third-order valence-corrected chi connectivity index (χ3v) is 3.31. The molecule has 0 saturated carbocycles. The molecule has 0 spiro atoms. The normalized spacial score (nSPS) is 10.0. The number of amides is 2. The summed E-state index contributed by atoms with van der Waals surface area (Å²) in [6.45, 7) is 0.174. The van der Waals surface area contributed by atoms with Crippen LogP contribution < -0.4 is 10.1 Å². The zero-order valence-electron chi connectivity index (χ0n) is 10.9. The van der Waals surface area contributed by atoms with Gasteiger partial charge in [-0.15, -0.1) is 5.10 Å². The predicted molar refractivity (Wildman–Crippen MR) is 79.6 cm³/mol. The maximum atomic E-state index is 11.7. The number of ether oxygens (including phenoxy) is 1. The molecule has 10 nitrogen and oxygen atoms in total. The van der Waals surface area contributed by atoms with Crippen LogP contribution in [0.2, 0.25) is 0 Å². The minimum absolute atomic E-state index is 0.174. The molecule has 2 rings (SSSR count). The molecule has 3 N–H and O–H groups in total. The number of halogens is 1. The first-order chi connectivity index (χ1) is 10.1. The van der Waals surface area contributed by atoms with E-state index in [0.29, 0.717) is 20.8 Å². The number of H-pyrrole nitrogens is 1. The van der Waals surface area contributed by atoms with Gasteiger partial charge in [-0.05, 0) is 22.6 Å². The van der Waals surface area contributed by atoms with Crippen molar-refractivity contribution in [3.05, 3.63) is 27.7 Å². The van der Waals surface area contributed by atoms with Crippen molar-refractivity contribution < 1.29 is 9.53 Å². The number of aromatic amines is 1. The molecule has 0 fully saturated rings. The van der Waals surface area contributed by atoms with Gasteiger partial charge >= 0.3 is 6.03 Å². The number of carbonyl (C=O) groups is 1. The van der Waals surface area contributed by atoms with Gasteiger partial charge in [-0.3, -0.25) is 0 Å². The van der Waals surface area contributed by atoms with E-state index in [4.69, 9.17) is 10.3 Å². The second kappa shape index (κ2) is 6.92. The number of anilines is 1. The lowest BCUT2D eigenvalue weighted by molar-refractivity contribution is 0.220. The summed E-state index contributed by atoms with van der Waals surface area (Å²) in [5.74, 6) is 0.498. The Labute approximate surface area is 132 Å². The molecule has 0 radical (unpaired) electrons. The summed E-state index contributed by atoms with van der Waals surface area (Å²) >= 11 is 2.00. The second-order valence-electron chi connectivity index (χ2n) is 3.79. The summed E-state index contributed by atoms with van der Waals surface area (Å²) in [7, 11) is 1.36. The summed E-state index contributed by atoms with van der Waals surface area (Å²) in [6, 6.07) is 1.11. The highest BCUT2D eigenvalue weighted by atomic mass is 127. The van der Waals surface area contributed by atoms with Gasteiger partial charge in [-0.1, -0.05) is 5.22 Å². The Morgan fingerprint density at radius 2 is 2.48 bits per heavy atom. The minimum atomic E-state index is -0.559. The SMILES string of the molecule is CN(N=N)C(=O)Nc1cnnc(I)c1COc1ccn[nH]1. The van der Waals surface area contributed by atoms with Crippen molar-refractivity contribution in [3.63, 3.8) is 0 Å². The smallest absolute Gasteiger partial charge is 0.343 e. The van der Waals surface area contributed by atoms with Gasteiger partial charge in [0.15, 0.2) is 0 Å². The van der Waals surface area contributed by atoms with Crippen LogP contribution in [-0.2, 0) is 6.61 Å². The Kier molecular flexibility index (Phi) is 4.97. The summed E-state index contributed by atoms with van der Waals surface area (Å²) < 4.78 is 6.10. The van der Waals surface area contributed by atoms with Crippen molar-refractivity contribution in [2.75, 3.05) is 12.4 Å². The van der Waals surface area contributed by atoms with Crippen molar-refractivity contribution in [2.45, 2.75) is 6.61 Å². The highest BCUT2D eigenvalue weighted by Crippen LogP contribution is 2.21. The van der Waals surface area contributed by atoms with Crippen molar-refractivity contribution in [1.82, 2.24) is 25.4 Å². The number of rotatable bonds is 5. The maximum Gasteiger partial charge on any atom is 0.343 e. The number of hydrogen-bond donors (Lipinski definition) is 3. The Morgan fingerprint density at radius 1 is 1.67 bits per heavy atom. The maximum absolute atomic E-state index is 11.7. The fourth-order valence-electron chi connectivity index (χ4n) is 1.35. The van der Waals surface area contributed by atoms with Crippen molar-refractivity contribution in [3.8, 4) is 5.88 Å². The number of aromatic nitrogens is 4. The average molecular weight is 402 g/mol. The van der Waals surface area contributed by atoms with E-state index in [1.54, 1.807) is 12.3 Å². The monoisotopic (exact) mass is 402 g/mol. The topological polar surface area (TPSA) is 132 Å². The lowest BCUT2D eigenvalue weighted by atomic mass is 10.3. The third kappa shape index (κ3) is 3.84. The van der Waals surface area contributed by atoms with E-state index in [9.17, 15) is 4.79 Å². The zero-order valence-corrected chi connectivity index (χ0v) is 13.0. The van der Waals surface area contributed by atoms with Gasteiger partial charge in [0.05, 0.1) is 18.1 Å². The molecule has 0 aliphatic heterocycles. The van der Waals surface area contributed by atoms with Crippen LogP contribution in [0.3, 0.4) is 0 Å². The van der Waals surface area contributed by atoms with Gasteiger partial charge in [0.2, 0.25) is 5.88 Å². The fourth-order valence-corrected chi connectivity index (χ4v) is 1.92. The van der Waals surface area contributed by atoms with Crippen LogP contribution in [0.4, 0.5) is 10.5 Å². The van der Waals surface area contributed by atoms with Gasteiger partial charge < -0.3 is 10.1 Å². The number of nitrogens with zero attached hydrogens (tertiary/aromatic N) is 5. The van der Waals surface area contributed by atoms with E-state index in [-0.39, 0.29) is 6.61 Å². The first kappa shape index (κ1) is 15.1. The zero-order chi connectivity index (χ0) is 15.2. The molecule has 21 heavy (non-hydrogen) atoms. The van der Waals surface area contributed by atoms with E-state index in [2.05, 4.69) is 30.9 Å². The number of nitrogens with one attached hydrogen (secondary N) is 3. The quantitative estimate of drug-likeness (QED) is 0.399. The molecule has 0 aromatic carbocycles. The Hall–Kier alpha value is -2.31. The summed E-state index contributed by atoms with van der Waals surface area (Å²) in [6.07, 6.45) is 2.97. The van der Waals surface area contributed by atoms with Crippen molar-refractivity contribution >= 4 is 34.3 Å². The Morgan fingerprint density at radius 3 is 3.14 bits per heavy atom. The summed E-state index contributed by atoms with van der Waals surface area (Å²) in [4.78, 5) is 11.7. The second-order valence-corrected chi connectivity index (χ2v) is 4.81. The number of urea groups is 1. The molecular weight excluding hydrogens is 391 g/mol. The molecular formula is C10H11IN8O2. The molecule has 0 aliphatic carbocycles. The molecule has 2 heterocycles. The van der Waals surface area contributed by atoms with Crippen LogP contribution in [0, 0.1) is 9.23 Å². The van der Waals surface area contributed by atoms with E-state index in [1.807, 2.05) is 22.6 Å². The van der Waals surface area contributed by atoms with E-state index in [0.717, 1.165) is 5.01 Å². The standard InChI is InChI=1S/C10H11IN8O2/c1-19(18-12)10(20)15-7-4-14-17-9(11)6(7)5-21-8-2-3-13-16-8/h2-4,12H,5H2,1H3,(H,13,16)(H,15,17,20). The van der Waals surface area contributed by atoms with Crippen LogP contribution >= 0.6 is 22.6 Å². The first-order valence-corrected chi connectivity index (χ1v) is 6.74. The Bertz CT molecular complexity index is 632. The van der Waals surface area contributed by atoms with E-state index < -0.39 is 6.03 Å². The first-order valence-electron chi connectivity index (χ1n) is 5.66. The van der Waals surface area contributed by atoms with Crippen molar-refractivity contribution in [2.24, 2.45) is 5.22 Å². The highest BCUT2D eigenvalue weighted by molar-refractivity contribution is 14.1. The lowest BCUT2D eigenvalue weighted by Gasteiger charge is -2.14. The van der Waals surface area contributed by atoms with Crippen LogP contribution in [0.1, 0.15) is 5.56 Å². The molecule has 2 aromatic heterocycles. The van der Waals surface area contributed by atoms with Gasteiger partial charge in [0, 0.05) is 18.7 Å². The van der Waals surface area contributed by atoms with Gasteiger partial charge in [-0.25, -0.2) is 9.89 Å². The average Bonchev–Trinajstić information content (AvgIpc) is 2.99. The van der Waals surface area contributed by atoms with Gasteiger partial charge in [0.25, 0.3) is 0 Å². The van der Waals surface area contributed by atoms with Crippen LogP contribution in [0.5, 0.6) is 5.88 Å². The number of carbonyl (C=O) groups excluding carboxylic acids is 1. The van der Waals surface area contributed by atoms with Crippen LogP contribution in [0.15, 0.2) is 23.7 Å². The largest absolute Gasteiger partial charge is 0.473 e. The molecule has 0 atom stereocenters. The van der Waals surface area contributed by atoms with E-state index in [1.165, 1.54) is 13.2 Å². The molecule has 0 saturated heterocycles. The van der Waals surface area contributed by atoms with Crippen LogP contribution in [0.25, 0.3) is 0 Å². The molecule has 2 amide bonds. The van der Waals surface area contributed by atoms with Crippen molar-refractivity contribution in [1.29, 1.82) is 5.53 Å². The van der Waals surface area contributed by atoms with Gasteiger partial charge in [0.1, 0.15) is 10.3 Å². The minimum Gasteiger partial charge on any atom is -0.473 e. The molecule has 2 aromatic rings. The fraction of sp³-hybridized carbons (Fsp3) is 0.200. The summed E-state index contributed by atoms with van der Waals surface area (Å²) in [5.41, 5.74) is 7.90. The Balaban J connectivity index is 2.15. The lowest BCUT2D eigenvalue weighted by Crippen LogP contribution is -2.27. The molecule has 0 bridgehead atoms. The highest BCUT2D eigenvalue weighted by Gasteiger charge is 2.15. The third-order valence-electron chi connectivity index (χ3n) is 2.44. The molecule has 110 valence electrons. The van der Waals surface area contributed by atoms with Gasteiger partial charge in [-0.2, -0.15) is 20.7 Å². The van der Waals surface area contributed by atoms with Crippen LogP contribution in [-0.4, -0.2) is 38.5 Å². The molecule has 0 unspecified atom stereocenters. The molecule has 11 heteroatoms. The van der Waals surface area contributed by atoms with E-state index >= 15 is 0 Å². The predicted octanol–water partition coefficient (Wildman–Crippen LogP) is 1.79. The summed E-state index contributed by atoms with van der Waals surface area (Å²) in [5, 5.41) is 20.6. The number of hydrogen-bond acceptors (Lipinski definition) is 7. The molecule has 0 aliphatic rings.